The second-order valence-electron chi connectivity index (χ2n) is 6.52. The van der Waals surface area contributed by atoms with Crippen molar-refractivity contribution in [1.29, 1.82) is 0 Å². The van der Waals surface area contributed by atoms with E-state index in [0.29, 0.717) is 12.0 Å². The van der Waals surface area contributed by atoms with Crippen LogP contribution in [0.3, 0.4) is 0 Å². The van der Waals surface area contributed by atoms with Gasteiger partial charge in [0.15, 0.2) is 0 Å². The predicted molar refractivity (Wildman–Crippen MR) is 89.9 cm³/mol. The fraction of sp³-hybridized carbons (Fsp3) is 0.444. The lowest BCUT2D eigenvalue weighted by molar-refractivity contribution is -0.125. The molecule has 6 heteroatoms. The van der Waals surface area contributed by atoms with Crippen LogP contribution in [0.25, 0.3) is 0 Å². The fourth-order valence-corrected chi connectivity index (χ4v) is 2.62. The van der Waals surface area contributed by atoms with E-state index in [1.54, 1.807) is 6.92 Å². The van der Waals surface area contributed by atoms with Crippen molar-refractivity contribution < 1.29 is 14.3 Å². The highest BCUT2D eigenvalue weighted by atomic mass is 19.1. The highest BCUT2D eigenvalue weighted by molar-refractivity contribution is 5.78. The van der Waals surface area contributed by atoms with Gasteiger partial charge in [-0.15, -0.1) is 0 Å². The Hall–Kier alpha value is -2.21. The first-order valence-electron chi connectivity index (χ1n) is 7.97. The Morgan fingerprint density at radius 2 is 2.00 bits per heavy atom. The number of aromatic amines is 1. The molecule has 1 aromatic heterocycles. The van der Waals surface area contributed by atoms with Crippen LogP contribution < -0.4 is 5.32 Å². The molecule has 0 fully saturated rings. The Balaban J connectivity index is 1.95. The maximum atomic E-state index is 13.0. The first-order chi connectivity index (χ1) is 11.2. The third kappa shape index (κ3) is 4.20. The average molecular weight is 333 g/mol. The smallest absolute Gasteiger partial charge is 0.223 e. The Kier molecular flexibility index (Phi) is 5.39. The van der Waals surface area contributed by atoms with Crippen molar-refractivity contribution in [1.82, 2.24) is 15.5 Å². The number of aliphatic hydroxyl groups is 1. The molecule has 0 spiro atoms. The fourth-order valence-electron chi connectivity index (χ4n) is 2.62. The Morgan fingerprint density at radius 3 is 2.54 bits per heavy atom. The second-order valence-corrected chi connectivity index (χ2v) is 6.52. The van der Waals surface area contributed by atoms with E-state index in [0.717, 1.165) is 17.0 Å². The van der Waals surface area contributed by atoms with E-state index >= 15 is 0 Å². The van der Waals surface area contributed by atoms with E-state index in [1.807, 2.05) is 20.8 Å². The molecule has 0 saturated heterocycles. The zero-order chi connectivity index (χ0) is 17.9. The van der Waals surface area contributed by atoms with E-state index in [2.05, 4.69) is 15.5 Å². The molecule has 2 aromatic rings. The summed E-state index contributed by atoms with van der Waals surface area (Å²) >= 11 is 0. The number of benzene rings is 1. The summed E-state index contributed by atoms with van der Waals surface area (Å²) in [6.45, 7) is 7.33. The van der Waals surface area contributed by atoms with Crippen molar-refractivity contribution in [2.45, 2.75) is 39.7 Å². The molecule has 2 atom stereocenters. The molecule has 5 nitrogen and oxygen atoms in total. The van der Waals surface area contributed by atoms with Gasteiger partial charge in [0, 0.05) is 11.6 Å². The molecule has 2 rings (SSSR count). The van der Waals surface area contributed by atoms with Crippen molar-refractivity contribution in [2.24, 2.45) is 5.92 Å². The predicted octanol–water partition coefficient (Wildman–Crippen LogP) is 2.37. The molecule has 130 valence electrons. The third-order valence-corrected chi connectivity index (χ3v) is 4.31. The first-order valence-corrected chi connectivity index (χ1v) is 7.97. The molecule has 24 heavy (non-hydrogen) atoms. The maximum absolute atomic E-state index is 13.0. The van der Waals surface area contributed by atoms with Gasteiger partial charge in [-0.2, -0.15) is 5.10 Å². The molecule has 0 radical (unpaired) electrons. The molecular formula is C18H24FN3O2. The van der Waals surface area contributed by atoms with Crippen LogP contribution in [0.4, 0.5) is 4.39 Å². The van der Waals surface area contributed by atoms with Crippen molar-refractivity contribution in [2.75, 3.05) is 6.54 Å². The van der Waals surface area contributed by atoms with Crippen LogP contribution in [0.2, 0.25) is 0 Å². The number of carbonyl (C=O) groups is 1. The monoisotopic (exact) mass is 333 g/mol. The molecular weight excluding hydrogens is 309 g/mol. The van der Waals surface area contributed by atoms with E-state index in [-0.39, 0.29) is 24.2 Å². The quantitative estimate of drug-likeness (QED) is 0.759. The Bertz CT molecular complexity index is 688. The number of nitrogens with one attached hydrogen (secondary N) is 2. The van der Waals surface area contributed by atoms with Crippen molar-refractivity contribution >= 4 is 5.91 Å². The number of hydrogen-bond acceptors (Lipinski definition) is 3. The van der Waals surface area contributed by atoms with Gasteiger partial charge in [-0.05, 0) is 50.5 Å². The highest BCUT2D eigenvalue weighted by Gasteiger charge is 2.25. The first kappa shape index (κ1) is 18.1. The summed E-state index contributed by atoms with van der Waals surface area (Å²) in [5.74, 6) is -0.750. The molecule has 0 saturated carbocycles. The molecule has 0 aliphatic rings. The van der Waals surface area contributed by atoms with Crippen LogP contribution >= 0.6 is 0 Å². The SMILES string of the molecule is Cc1n[nH]c(C)c1CC(C)C(=O)NCC(C)(O)c1ccc(F)cc1. The van der Waals surface area contributed by atoms with Gasteiger partial charge in [-0.25, -0.2) is 4.39 Å². The normalized spacial score (nSPS) is 14.9. The number of amides is 1. The van der Waals surface area contributed by atoms with E-state index in [1.165, 1.54) is 24.3 Å². The number of hydrogen-bond donors (Lipinski definition) is 3. The van der Waals surface area contributed by atoms with E-state index < -0.39 is 5.60 Å². The molecule has 2 unspecified atom stereocenters. The van der Waals surface area contributed by atoms with Crippen molar-refractivity contribution in [3.8, 4) is 0 Å². The summed E-state index contributed by atoms with van der Waals surface area (Å²) in [6, 6.07) is 5.61. The molecule has 0 aliphatic heterocycles. The molecule has 0 aliphatic carbocycles. The number of aromatic nitrogens is 2. The van der Waals surface area contributed by atoms with Crippen LogP contribution in [0.5, 0.6) is 0 Å². The average Bonchev–Trinajstić information content (AvgIpc) is 2.85. The van der Waals surface area contributed by atoms with Gasteiger partial charge >= 0.3 is 0 Å². The van der Waals surface area contributed by atoms with Crippen LogP contribution in [-0.4, -0.2) is 27.8 Å². The molecule has 3 N–H and O–H groups in total. The van der Waals surface area contributed by atoms with Gasteiger partial charge in [0.25, 0.3) is 0 Å². The topological polar surface area (TPSA) is 78.0 Å². The number of aryl methyl sites for hydroxylation is 2. The van der Waals surface area contributed by atoms with Crippen LogP contribution in [-0.2, 0) is 16.8 Å². The molecule has 1 amide bonds. The maximum Gasteiger partial charge on any atom is 0.223 e. The van der Waals surface area contributed by atoms with Gasteiger partial charge in [-0.3, -0.25) is 9.89 Å². The van der Waals surface area contributed by atoms with Gasteiger partial charge in [0.2, 0.25) is 5.91 Å². The third-order valence-electron chi connectivity index (χ3n) is 4.31. The standard InChI is InChI=1S/C18H24FN3O2/c1-11(9-16-12(2)21-22-13(16)3)17(23)20-10-18(4,24)14-5-7-15(19)8-6-14/h5-8,11,24H,9-10H2,1-4H3,(H,20,23)(H,21,22). The zero-order valence-electron chi connectivity index (χ0n) is 14.5. The van der Waals surface area contributed by atoms with E-state index in [9.17, 15) is 14.3 Å². The molecule has 1 heterocycles. The summed E-state index contributed by atoms with van der Waals surface area (Å²) in [7, 11) is 0. The van der Waals surface area contributed by atoms with Crippen molar-refractivity contribution in [3.63, 3.8) is 0 Å². The summed E-state index contributed by atoms with van der Waals surface area (Å²) in [5, 5.41) is 20.3. The van der Waals surface area contributed by atoms with Gasteiger partial charge in [0.1, 0.15) is 11.4 Å². The van der Waals surface area contributed by atoms with Gasteiger partial charge < -0.3 is 10.4 Å². The van der Waals surface area contributed by atoms with Crippen LogP contribution in [0.1, 0.15) is 36.4 Å². The number of H-pyrrole nitrogens is 1. The van der Waals surface area contributed by atoms with Gasteiger partial charge in [0.05, 0.1) is 12.2 Å². The van der Waals surface area contributed by atoms with Crippen molar-refractivity contribution in [3.05, 3.63) is 52.6 Å². The zero-order valence-corrected chi connectivity index (χ0v) is 14.5. The van der Waals surface area contributed by atoms with Crippen LogP contribution in [0, 0.1) is 25.6 Å². The van der Waals surface area contributed by atoms with Crippen LogP contribution in [0.15, 0.2) is 24.3 Å². The summed E-state index contributed by atoms with van der Waals surface area (Å²) in [5.41, 5.74) is 2.20. The number of nitrogens with zero attached hydrogens (tertiary/aromatic N) is 1. The number of rotatable bonds is 6. The number of halogens is 1. The lowest BCUT2D eigenvalue weighted by Gasteiger charge is -2.25. The summed E-state index contributed by atoms with van der Waals surface area (Å²) < 4.78 is 13.0. The lowest BCUT2D eigenvalue weighted by atomic mass is 9.95. The minimum absolute atomic E-state index is 0.0607. The summed E-state index contributed by atoms with van der Waals surface area (Å²) in [4.78, 5) is 12.3. The highest BCUT2D eigenvalue weighted by Crippen LogP contribution is 2.20. The Morgan fingerprint density at radius 1 is 1.38 bits per heavy atom. The minimum atomic E-state index is -1.26. The number of carbonyl (C=O) groups excluding carboxylic acids is 1. The summed E-state index contributed by atoms with van der Waals surface area (Å²) in [6.07, 6.45) is 0.582. The second kappa shape index (κ2) is 7.13. The van der Waals surface area contributed by atoms with E-state index in [4.69, 9.17) is 0 Å². The lowest BCUT2D eigenvalue weighted by Crippen LogP contribution is -2.41. The largest absolute Gasteiger partial charge is 0.384 e. The van der Waals surface area contributed by atoms with Gasteiger partial charge in [-0.1, -0.05) is 19.1 Å². The molecule has 1 aromatic carbocycles. The minimum Gasteiger partial charge on any atom is -0.384 e. The Labute approximate surface area is 141 Å². The molecule has 0 bridgehead atoms.